The van der Waals surface area contributed by atoms with Gasteiger partial charge in [0.15, 0.2) is 11.7 Å². The number of rotatable bonds is 9. The second kappa shape index (κ2) is 12.1. The monoisotopic (exact) mass is 590 g/mol. The molecule has 2 N–H and O–H groups in total. The zero-order valence-electron chi connectivity index (χ0n) is 22.7. The number of pyridine rings is 1. The van der Waals surface area contributed by atoms with Crippen molar-refractivity contribution in [2.75, 3.05) is 16.8 Å². The third-order valence-corrected chi connectivity index (χ3v) is 7.38. The highest BCUT2D eigenvalue weighted by Gasteiger charge is 2.42. The molecule has 1 aliphatic heterocycles. The van der Waals surface area contributed by atoms with Crippen molar-refractivity contribution in [2.45, 2.75) is 12.1 Å². The van der Waals surface area contributed by atoms with Crippen molar-refractivity contribution in [3.05, 3.63) is 143 Å². The maximum Gasteiger partial charge on any atom is 0.269 e. The van der Waals surface area contributed by atoms with E-state index in [2.05, 4.69) is 15.6 Å². The second-order valence-electron chi connectivity index (χ2n) is 9.77. The highest BCUT2D eigenvalue weighted by atomic mass is 32.1. The predicted octanol–water partition coefficient (Wildman–Crippen LogP) is 5.98. The highest BCUT2D eigenvalue weighted by Crippen LogP contribution is 2.42. The van der Waals surface area contributed by atoms with Gasteiger partial charge in [0.1, 0.15) is 11.8 Å². The largest absolute Gasteiger partial charge is 0.484 e. The van der Waals surface area contributed by atoms with Crippen LogP contribution in [0.2, 0.25) is 0 Å². The van der Waals surface area contributed by atoms with E-state index in [9.17, 15) is 14.9 Å². The van der Waals surface area contributed by atoms with Gasteiger partial charge in [-0.25, -0.2) is 0 Å². The molecule has 3 heterocycles. The van der Waals surface area contributed by atoms with Crippen LogP contribution in [0.1, 0.15) is 23.5 Å². The van der Waals surface area contributed by atoms with E-state index < -0.39 is 4.92 Å². The fourth-order valence-electron chi connectivity index (χ4n) is 5.11. The van der Waals surface area contributed by atoms with Gasteiger partial charge in [0.2, 0.25) is 0 Å². The van der Waals surface area contributed by atoms with Gasteiger partial charge in [-0.3, -0.25) is 19.9 Å². The first-order valence-corrected chi connectivity index (χ1v) is 13.9. The number of carbonyl (C=O) groups is 1. The number of ether oxygens (including phenoxy) is 1. The molecule has 0 aliphatic carbocycles. The van der Waals surface area contributed by atoms with Crippen LogP contribution in [0.4, 0.5) is 17.1 Å². The SMILES string of the molecule is O=C(COc1ccccc1)Nc1ccc(N2C(=S)NC(c3ccccn3)C2c2cccn2-c2ccc([N+](=O)[O-])cc2)cc1. The molecule has 43 heavy (non-hydrogen) atoms. The van der Waals surface area contributed by atoms with Crippen molar-refractivity contribution < 1.29 is 14.5 Å². The van der Waals surface area contributed by atoms with Crippen molar-refractivity contribution in [1.29, 1.82) is 0 Å². The summed E-state index contributed by atoms with van der Waals surface area (Å²) < 4.78 is 7.54. The van der Waals surface area contributed by atoms with Crippen LogP contribution in [0, 0.1) is 10.1 Å². The Morgan fingerprint density at radius 1 is 0.930 bits per heavy atom. The van der Waals surface area contributed by atoms with Crippen molar-refractivity contribution in [1.82, 2.24) is 14.9 Å². The fraction of sp³-hybridized carbons (Fsp3) is 0.0938. The Morgan fingerprint density at radius 2 is 1.65 bits per heavy atom. The number of non-ortho nitro benzene ring substituents is 1. The molecule has 11 heteroatoms. The summed E-state index contributed by atoms with van der Waals surface area (Å²) in [7, 11) is 0. The van der Waals surface area contributed by atoms with E-state index in [0.717, 1.165) is 22.8 Å². The Balaban J connectivity index is 1.29. The third-order valence-electron chi connectivity index (χ3n) is 7.06. The Kier molecular flexibility index (Phi) is 7.79. The number of carbonyl (C=O) groups excluding carboxylic acids is 1. The lowest BCUT2D eigenvalue weighted by atomic mass is 10.0. The van der Waals surface area contributed by atoms with Gasteiger partial charge in [-0.15, -0.1) is 0 Å². The number of hydrogen-bond donors (Lipinski definition) is 2. The summed E-state index contributed by atoms with van der Waals surface area (Å²) in [5, 5.41) is 18.0. The lowest BCUT2D eigenvalue weighted by molar-refractivity contribution is -0.384. The lowest BCUT2D eigenvalue weighted by Gasteiger charge is -2.29. The number of benzene rings is 3. The van der Waals surface area contributed by atoms with Crippen molar-refractivity contribution >= 4 is 40.3 Å². The van der Waals surface area contributed by atoms with E-state index in [1.165, 1.54) is 12.1 Å². The number of aromatic nitrogens is 2. The summed E-state index contributed by atoms with van der Waals surface area (Å²) in [6.45, 7) is -0.112. The van der Waals surface area contributed by atoms with Crippen molar-refractivity contribution in [2.24, 2.45) is 0 Å². The van der Waals surface area contributed by atoms with Crippen LogP contribution in [0.5, 0.6) is 5.75 Å². The molecule has 6 rings (SSSR count). The molecule has 10 nitrogen and oxygen atoms in total. The van der Waals surface area contributed by atoms with Crippen LogP contribution in [0.15, 0.2) is 122 Å². The molecule has 1 saturated heterocycles. The molecule has 1 fully saturated rings. The van der Waals surface area contributed by atoms with Crippen LogP contribution in [0.3, 0.4) is 0 Å². The average Bonchev–Trinajstić information content (AvgIpc) is 3.66. The predicted molar refractivity (Wildman–Crippen MR) is 167 cm³/mol. The van der Waals surface area contributed by atoms with Crippen LogP contribution < -0.4 is 20.3 Å². The van der Waals surface area contributed by atoms with E-state index in [1.54, 1.807) is 30.5 Å². The summed E-state index contributed by atoms with van der Waals surface area (Å²) in [4.78, 5) is 29.9. The van der Waals surface area contributed by atoms with Gasteiger partial charge < -0.3 is 24.8 Å². The molecule has 214 valence electrons. The third kappa shape index (κ3) is 5.92. The molecule has 0 spiro atoms. The van der Waals surface area contributed by atoms with Crippen LogP contribution in [0.25, 0.3) is 5.69 Å². The Bertz CT molecular complexity index is 1740. The molecule has 1 aliphatic rings. The van der Waals surface area contributed by atoms with E-state index in [1.807, 2.05) is 88.5 Å². The number of thiocarbonyl (C=S) groups is 1. The van der Waals surface area contributed by atoms with Crippen molar-refractivity contribution in [3.8, 4) is 11.4 Å². The molecule has 0 radical (unpaired) electrons. The Labute approximate surface area is 252 Å². The Morgan fingerprint density at radius 3 is 2.35 bits per heavy atom. The van der Waals surface area contributed by atoms with E-state index >= 15 is 0 Å². The summed E-state index contributed by atoms with van der Waals surface area (Å²) >= 11 is 5.86. The van der Waals surface area contributed by atoms with Crippen LogP contribution in [-0.2, 0) is 4.79 Å². The maximum absolute atomic E-state index is 12.5. The average molecular weight is 591 g/mol. The van der Waals surface area contributed by atoms with E-state index in [4.69, 9.17) is 17.0 Å². The smallest absolute Gasteiger partial charge is 0.269 e. The number of nitro benzene ring substituents is 1. The first kappa shape index (κ1) is 27.6. The van der Waals surface area contributed by atoms with Gasteiger partial charge >= 0.3 is 0 Å². The topological polar surface area (TPSA) is 115 Å². The minimum absolute atomic E-state index is 0.0213. The molecule has 2 atom stereocenters. The first-order valence-electron chi connectivity index (χ1n) is 13.5. The molecular weight excluding hydrogens is 564 g/mol. The number of amides is 1. The number of nitro groups is 1. The summed E-state index contributed by atoms with van der Waals surface area (Å²) in [6, 6.07) is 32.1. The van der Waals surface area contributed by atoms with Gasteiger partial charge in [-0.1, -0.05) is 24.3 Å². The van der Waals surface area contributed by atoms with Gasteiger partial charge in [0, 0.05) is 47.3 Å². The maximum atomic E-state index is 12.5. The normalized spacial score (nSPS) is 16.0. The van der Waals surface area contributed by atoms with Gasteiger partial charge in [0.25, 0.3) is 11.6 Å². The number of anilines is 2. The van der Waals surface area contributed by atoms with Crippen LogP contribution >= 0.6 is 12.2 Å². The van der Waals surface area contributed by atoms with Crippen LogP contribution in [-0.4, -0.2) is 32.1 Å². The zero-order valence-corrected chi connectivity index (χ0v) is 23.6. The number of nitrogens with zero attached hydrogens (tertiary/aromatic N) is 4. The minimum Gasteiger partial charge on any atom is -0.484 e. The van der Waals surface area contributed by atoms with Gasteiger partial charge in [0.05, 0.1) is 16.7 Å². The number of nitrogens with one attached hydrogen (secondary N) is 2. The van der Waals surface area contributed by atoms with E-state index in [0.29, 0.717) is 16.5 Å². The summed E-state index contributed by atoms with van der Waals surface area (Å²) in [5.74, 6) is 0.346. The molecule has 5 aromatic rings. The second-order valence-corrected chi connectivity index (χ2v) is 10.2. The quantitative estimate of drug-likeness (QED) is 0.123. The molecule has 2 aromatic heterocycles. The molecule has 3 aromatic carbocycles. The molecule has 1 amide bonds. The Hall–Kier alpha value is -5.55. The standard InChI is InChI=1S/C32H26N6O4S/c39-29(21-42-26-7-2-1-3-8-26)34-22-11-13-24(14-12-22)37-31(30(35-32(37)43)27-9-4-5-19-33-27)28-10-6-20-36(28)23-15-17-25(18-16-23)38(40)41/h1-20,30-31H,21H2,(H,34,39)(H,35,43). The number of hydrogen-bond acceptors (Lipinski definition) is 6. The molecule has 2 unspecified atom stereocenters. The lowest BCUT2D eigenvalue weighted by Crippen LogP contribution is -2.30. The molecule has 0 bridgehead atoms. The van der Waals surface area contributed by atoms with Gasteiger partial charge in [-0.05, 0) is 85.0 Å². The first-order chi connectivity index (χ1) is 21.0. The summed E-state index contributed by atoms with van der Waals surface area (Å²) in [5.41, 5.74) is 3.96. The number of para-hydroxylation sites is 1. The minimum atomic E-state index is -0.416. The van der Waals surface area contributed by atoms with E-state index in [-0.39, 0.29) is 30.3 Å². The zero-order chi connectivity index (χ0) is 29.8. The molecule has 0 saturated carbocycles. The highest BCUT2D eigenvalue weighted by molar-refractivity contribution is 7.80. The molecular formula is C32H26N6O4S. The fourth-order valence-corrected chi connectivity index (χ4v) is 5.45. The van der Waals surface area contributed by atoms with Gasteiger partial charge in [-0.2, -0.15) is 0 Å². The summed E-state index contributed by atoms with van der Waals surface area (Å²) in [6.07, 6.45) is 3.66. The van der Waals surface area contributed by atoms with Crippen molar-refractivity contribution in [3.63, 3.8) is 0 Å².